The van der Waals surface area contributed by atoms with Crippen molar-refractivity contribution in [2.45, 2.75) is 30.4 Å². The number of hydrogen-bond acceptors (Lipinski definition) is 7. The molecule has 0 fully saturated rings. The van der Waals surface area contributed by atoms with Gasteiger partial charge in [-0.05, 0) is 90.2 Å². The van der Waals surface area contributed by atoms with Crippen LogP contribution in [0.5, 0.6) is 17.2 Å². The zero-order chi connectivity index (χ0) is 37.0. The summed E-state index contributed by atoms with van der Waals surface area (Å²) in [5, 5.41) is 8.29. The van der Waals surface area contributed by atoms with E-state index in [1.807, 2.05) is 67.6 Å². The SMILES string of the molecule is CCc1cccc(C)c1NC(=O)C(Sc1ccc(NC(=O)/C(=C/c2cc(OC)c(OC)c(OC)c2)NC(=O)c2ccccc2)cc1)c1ccccc1. The van der Waals surface area contributed by atoms with Crippen molar-refractivity contribution in [3.63, 3.8) is 0 Å². The van der Waals surface area contributed by atoms with Crippen molar-refractivity contribution in [2.75, 3.05) is 32.0 Å². The van der Waals surface area contributed by atoms with E-state index in [4.69, 9.17) is 14.2 Å². The molecule has 0 aromatic heterocycles. The van der Waals surface area contributed by atoms with Crippen molar-refractivity contribution in [1.29, 1.82) is 0 Å². The molecule has 0 bridgehead atoms. The van der Waals surface area contributed by atoms with Crippen LogP contribution in [0.25, 0.3) is 6.08 Å². The fourth-order valence-corrected chi connectivity index (χ4v) is 6.56. The average Bonchev–Trinajstić information content (AvgIpc) is 3.18. The van der Waals surface area contributed by atoms with Gasteiger partial charge in [0.05, 0.1) is 21.3 Å². The molecule has 0 aliphatic rings. The summed E-state index contributed by atoms with van der Waals surface area (Å²) in [5.41, 5.74) is 5.18. The van der Waals surface area contributed by atoms with Gasteiger partial charge in [0, 0.05) is 21.8 Å². The topological polar surface area (TPSA) is 115 Å². The normalized spacial score (nSPS) is 11.6. The Hall–Kier alpha value is -6.00. The number of hydrogen-bond donors (Lipinski definition) is 3. The van der Waals surface area contributed by atoms with E-state index in [0.29, 0.717) is 34.1 Å². The molecular formula is C42H41N3O6S. The predicted molar refractivity (Wildman–Crippen MR) is 207 cm³/mol. The summed E-state index contributed by atoms with van der Waals surface area (Å²) in [7, 11) is 4.50. The van der Waals surface area contributed by atoms with Crippen LogP contribution in [0.2, 0.25) is 0 Å². The molecule has 9 nitrogen and oxygen atoms in total. The van der Waals surface area contributed by atoms with Crippen molar-refractivity contribution in [3.05, 3.63) is 149 Å². The van der Waals surface area contributed by atoms with Crippen LogP contribution in [-0.2, 0) is 16.0 Å². The Kier molecular flexibility index (Phi) is 12.7. The van der Waals surface area contributed by atoms with Gasteiger partial charge in [-0.15, -0.1) is 11.8 Å². The van der Waals surface area contributed by atoms with E-state index in [-0.39, 0.29) is 11.6 Å². The number of carbonyl (C=O) groups is 3. The van der Waals surface area contributed by atoms with E-state index < -0.39 is 17.1 Å². The summed E-state index contributed by atoms with van der Waals surface area (Å²) >= 11 is 1.41. The molecule has 0 saturated carbocycles. The Morgan fingerprint density at radius 2 is 1.38 bits per heavy atom. The zero-order valence-corrected chi connectivity index (χ0v) is 30.5. The molecule has 0 heterocycles. The molecule has 5 aromatic rings. The zero-order valence-electron chi connectivity index (χ0n) is 29.7. The number of rotatable bonds is 14. The van der Waals surface area contributed by atoms with Crippen LogP contribution < -0.4 is 30.2 Å². The lowest BCUT2D eigenvalue weighted by Gasteiger charge is -2.20. The quantitative estimate of drug-likeness (QED) is 0.0781. The van der Waals surface area contributed by atoms with Gasteiger partial charge in [0.25, 0.3) is 11.8 Å². The first kappa shape index (κ1) is 37.3. The third-order valence-corrected chi connectivity index (χ3v) is 9.49. The number of amides is 3. The summed E-state index contributed by atoms with van der Waals surface area (Å²) in [6.45, 7) is 4.06. The molecule has 3 amide bonds. The van der Waals surface area contributed by atoms with Gasteiger partial charge in [-0.1, -0.05) is 73.7 Å². The van der Waals surface area contributed by atoms with Crippen molar-refractivity contribution < 1.29 is 28.6 Å². The van der Waals surface area contributed by atoms with Gasteiger partial charge in [-0.3, -0.25) is 14.4 Å². The molecule has 3 N–H and O–H groups in total. The highest BCUT2D eigenvalue weighted by Crippen LogP contribution is 2.39. The second kappa shape index (κ2) is 17.8. The van der Waals surface area contributed by atoms with E-state index in [9.17, 15) is 14.4 Å². The van der Waals surface area contributed by atoms with Gasteiger partial charge in [-0.25, -0.2) is 0 Å². The maximum absolute atomic E-state index is 13.8. The Morgan fingerprint density at radius 1 is 0.750 bits per heavy atom. The van der Waals surface area contributed by atoms with Gasteiger partial charge in [-0.2, -0.15) is 0 Å². The van der Waals surface area contributed by atoms with E-state index in [2.05, 4.69) is 22.9 Å². The first-order valence-electron chi connectivity index (χ1n) is 16.6. The van der Waals surface area contributed by atoms with Crippen LogP contribution in [0.1, 0.15) is 44.8 Å². The number of anilines is 2. The molecule has 1 unspecified atom stereocenters. The lowest BCUT2D eigenvalue weighted by atomic mass is 10.1. The van der Waals surface area contributed by atoms with Gasteiger partial charge in [0.15, 0.2) is 11.5 Å². The average molecular weight is 716 g/mol. The summed E-state index contributed by atoms with van der Waals surface area (Å²) in [4.78, 5) is 41.6. The summed E-state index contributed by atoms with van der Waals surface area (Å²) in [6.07, 6.45) is 2.33. The third kappa shape index (κ3) is 9.21. The number of carbonyl (C=O) groups excluding carboxylic acids is 3. The Bertz CT molecular complexity index is 2030. The minimum absolute atomic E-state index is 0.00922. The maximum Gasteiger partial charge on any atom is 0.272 e. The molecule has 1 atom stereocenters. The number of aryl methyl sites for hydroxylation is 2. The highest BCUT2D eigenvalue weighted by atomic mass is 32.2. The maximum atomic E-state index is 13.8. The van der Waals surface area contributed by atoms with Gasteiger partial charge in [0.2, 0.25) is 11.7 Å². The smallest absolute Gasteiger partial charge is 0.272 e. The lowest BCUT2D eigenvalue weighted by Crippen LogP contribution is -2.30. The van der Waals surface area contributed by atoms with E-state index >= 15 is 0 Å². The van der Waals surface area contributed by atoms with Gasteiger partial charge >= 0.3 is 0 Å². The molecule has 52 heavy (non-hydrogen) atoms. The second-order valence-corrected chi connectivity index (χ2v) is 12.9. The number of ether oxygens (including phenoxy) is 3. The van der Waals surface area contributed by atoms with Gasteiger partial charge < -0.3 is 30.2 Å². The van der Waals surface area contributed by atoms with Crippen LogP contribution >= 0.6 is 11.8 Å². The van der Waals surface area contributed by atoms with Gasteiger partial charge in [0.1, 0.15) is 10.9 Å². The van der Waals surface area contributed by atoms with E-state index in [1.165, 1.54) is 39.2 Å². The van der Waals surface area contributed by atoms with E-state index in [0.717, 1.165) is 33.7 Å². The molecule has 0 radical (unpaired) electrons. The number of para-hydroxylation sites is 1. The van der Waals surface area contributed by atoms with Crippen LogP contribution in [0.4, 0.5) is 11.4 Å². The number of thioether (sulfide) groups is 1. The van der Waals surface area contributed by atoms with Crippen LogP contribution in [-0.4, -0.2) is 39.1 Å². The van der Waals surface area contributed by atoms with Crippen molar-refractivity contribution in [1.82, 2.24) is 5.32 Å². The number of methoxy groups -OCH3 is 3. The first-order chi connectivity index (χ1) is 25.2. The first-order valence-corrected chi connectivity index (χ1v) is 17.5. The van der Waals surface area contributed by atoms with Crippen LogP contribution in [0, 0.1) is 6.92 Å². The Labute approximate surface area is 308 Å². The molecule has 0 saturated heterocycles. The summed E-state index contributed by atoms with van der Waals surface area (Å²) in [6, 6.07) is 34.8. The molecule has 0 spiro atoms. The molecule has 0 aliphatic heterocycles. The minimum Gasteiger partial charge on any atom is -0.493 e. The molecule has 0 aliphatic carbocycles. The minimum atomic E-state index is -0.551. The standard InChI is InChI=1S/C42H41N3O6S/c1-6-29-19-13-14-27(2)37(29)45-42(48)39(30-15-9-7-10-16-30)52-33-22-20-32(21-23-33)43-41(47)34(44-40(46)31-17-11-8-12-18-31)24-28-25-35(49-3)38(51-5)36(26-28)50-4/h7-26,39H,6H2,1-5H3,(H,43,47)(H,44,46)(H,45,48)/b34-24-. The number of nitrogens with one attached hydrogen (secondary N) is 3. The molecule has 5 rings (SSSR count). The molecule has 10 heteroatoms. The number of benzene rings is 5. The molecule has 266 valence electrons. The van der Waals surface area contributed by atoms with Crippen molar-refractivity contribution in [2.24, 2.45) is 0 Å². The Balaban J connectivity index is 1.39. The monoisotopic (exact) mass is 715 g/mol. The van der Waals surface area contributed by atoms with Crippen molar-refractivity contribution in [3.8, 4) is 17.2 Å². The summed E-state index contributed by atoms with van der Waals surface area (Å²) in [5.74, 6) is 0.0405. The third-order valence-electron chi connectivity index (χ3n) is 8.22. The lowest BCUT2D eigenvalue weighted by molar-refractivity contribution is -0.116. The summed E-state index contributed by atoms with van der Waals surface area (Å²) < 4.78 is 16.4. The van der Waals surface area contributed by atoms with Crippen molar-refractivity contribution >= 4 is 46.9 Å². The highest BCUT2D eigenvalue weighted by Gasteiger charge is 2.24. The highest BCUT2D eigenvalue weighted by molar-refractivity contribution is 8.00. The second-order valence-electron chi connectivity index (χ2n) is 11.7. The van der Waals surface area contributed by atoms with Crippen LogP contribution in [0.15, 0.2) is 126 Å². The predicted octanol–water partition coefficient (Wildman–Crippen LogP) is 8.46. The van der Waals surface area contributed by atoms with Crippen LogP contribution in [0.3, 0.4) is 0 Å². The Morgan fingerprint density at radius 3 is 1.98 bits per heavy atom. The van der Waals surface area contributed by atoms with E-state index in [1.54, 1.807) is 54.6 Å². The molecule has 5 aromatic carbocycles. The fourth-order valence-electron chi connectivity index (χ4n) is 5.54. The fraction of sp³-hybridized carbons (Fsp3) is 0.167. The largest absolute Gasteiger partial charge is 0.493 e. The molecular weight excluding hydrogens is 675 g/mol.